The van der Waals surface area contributed by atoms with Crippen molar-refractivity contribution in [3.8, 4) is 39.9 Å². The topological polar surface area (TPSA) is 56.7 Å². The van der Waals surface area contributed by atoms with Crippen LogP contribution in [-0.2, 0) is 0 Å². The van der Waals surface area contributed by atoms with E-state index >= 15 is 0 Å². The van der Waals surface area contributed by atoms with Crippen molar-refractivity contribution in [2.45, 2.75) is 0 Å². The molecule has 11 rings (SSSR count). The van der Waals surface area contributed by atoms with Gasteiger partial charge in [-0.25, -0.2) is 15.0 Å². The van der Waals surface area contributed by atoms with Crippen molar-refractivity contribution in [1.82, 2.24) is 19.5 Å². The van der Waals surface area contributed by atoms with Crippen LogP contribution in [0.1, 0.15) is 0 Å². The Morgan fingerprint density at radius 2 is 0.981 bits per heavy atom. The normalized spacial score (nSPS) is 11.8. The number of benzene rings is 8. The van der Waals surface area contributed by atoms with Gasteiger partial charge in [-0.2, -0.15) is 0 Å². The molecule has 0 atom stereocenters. The summed E-state index contributed by atoms with van der Waals surface area (Å²) in [7, 11) is 0. The van der Waals surface area contributed by atoms with Crippen LogP contribution in [0.4, 0.5) is 0 Å². The van der Waals surface area contributed by atoms with Crippen molar-refractivity contribution >= 4 is 65.3 Å². The van der Waals surface area contributed by atoms with Crippen LogP contribution in [-0.4, -0.2) is 19.5 Å². The van der Waals surface area contributed by atoms with Crippen LogP contribution in [0.25, 0.3) is 105 Å². The number of nitrogens with zero attached hydrogens (tertiary/aromatic N) is 4. The van der Waals surface area contributed by atoms with Gasteiger partial charge in [0.25, 0.3) is 0 Å². The number of hydrogen-bond donors (Lipinski definition) is 0. The molecule has 0 aliphatic carbocycles. The predicted octanol–water partition coefficient (Wildman–Crippen LogP) is 12.2. The van der Waals surface area contributed by atoms with Gasteiger partial charge >= 0.3 is 0 Å². The van der Waals surface area contributed by atoms with E-state index < -0.39 is 0 Å². The first-order valence-electron chi connectivity index (χ1n) is 17.4. The molecular formula is C47H28N4O. The maximum Gasteiger partial charge on any atom is 0.164 e. The summed E-state index contributed by atoms with van der Waals surface area (Å²) < 4.78 is 8.96. The first-order chi connectivity index (χ1) is 25.8. The van der Waals surface area contributed by atoms with Gasteiger partial charge in [0.05, 0.1) is 11.0 Å². The van der Waals surface area contributed by atoms with Gasteiger partial charge in [0, 0.05) is 49.3 Å². The highest BCUT2D eigenvalue weighted by molar-refractivity contribution is 6.26. The summed E-state index contributed by atoms with van der Waals surface area (Å²) in [5.41, 5.74) is 7.82. The van der Waals surface area contributed by atoms with E-state index in [2.05, 4.69) is 108 Å². The molecule has 0 aliphatic heterocycles. The molecule has 0 saturated carbocycles. The highest BCUT2D eigenvalue weighted by Gasteiger charge is 2.19. The number of hydrogen-bond acceptors (Lipinski definition) is 4. The molecule has 8 aromatic carbocycles. The van der Waals surface area contributed by atoms with Crippen molar-refractivity contribution in [2.75, 3.05) is 0 Å². The molecule has 0 fully saturated rings. The molecule has 11 aromatic rings. The monoisotopic (exact) mass is 664 g/mol. The summed E-state index contributed by atoms with van der Waals surface area (Å²) in [6.45, 7) is 0. The van der Waals surface area contributed by atoms with Crippen LogP contribution in [0, 0.1) is 0 Å². The number of furan rings is 1. The second-order valence-electron chi connectivity index (χ2n) is 13.2. The molecule has 0 amide bonds. The average Bonchev–Trinajstić information content (AvgIpc) is 3.76. The summed E-state index contributed by atoms with van der Waals surface area (Å²) >= 11 is 0. The van der Waals surface area contributed by atoms with Gasteiger partial charge in [0.1, 0.15) is 11.2 Å². The van der Waals surface area contributed by atoms with E-state index in [0.29, 0.717) is 17.5 Å². The van der Waals surface area contributed by atoms with E-state index in [1.54, 1.807) is 0 Å². The van der Waals surface area contributed by atoms with E-state index in [-0.39, 0.29) is 0 Å². The molecule has 242 valence electrons. The van der Waals surface area contributed by atoms with Crippen LogP contribution in [0.2, 0.25) is 0 Å². The second-order valence-corrected chi connectivity index (χ2v) is 13.2. The van der Waals surface area contributed by atoms with Crippen molar-refractivity contribution in [3.63, 3.8) is 0 Å². The number of rotatable bonds is 4. The molecule has 0 bridgehead atoms. The SMILES string of the molecule is c1ccc(-c2nc(-c3ccccc3)nc(-c3ccc4c(c3)oc3ccc(-n5c6ccc7ccccc7c6c6ccc7ccccc7c65)cc34)n2)cc1. The van der Waals surface area contributed by atoms with E-state index in [9.17, 15) is 0 Å². The summed E-state index contributed by atoms with van der Waals surface area (Å²) in [5.74, 6) is 1.86. The second kappa shape index (κ2) is 11.2. The summed E-state index contributed by atoms with van der Waals surface area (Å²) in [6.07, 6.45) is 0. The first kappa shape index (κ1) is 28.7. The zero-order valence-corrected chi connectivity index (χ0v) is 27.9. The number of aromatic nitrogens is 4. The molecule has 3 heterocycles. The van der Waals surface area contributed by atoms with Crippen LogP contribution >= 0.6 is 0 Å². The number of fused-ring (bicyclic) bond motifs is 10. The van der Waals surface area contributed by atoms with Crippen LogP contribution in [0.5, 0.6) is 0 Å². The van der Waals surface area contributed by atoms with Gasteiger partial charge in [0.2, 0.25) is 0 Å². The maximum atomic E-state index is 6.54. The third-order valence-electron chi connectivity index (χ3n) is 10.2. The van der Waals surface area contributed by atoms with Gasteiger partial charge in [-0.15, -0.1) is 0 Å². The third-order valence-corrected chi connectivity index (χ3v) is 10.2. The molecule has 0 unspecified atom stereocenters. The lowest BCUT2D eigenvalue weighted by Crippen LogP contribution is -2.00. The fourth-order valence-electron chi connectivity index (χ4n) is 7.80. The largest absolute Gasteiger partial charge is 0.456 e. The molecule has 5 nitrogen and oxygen atoms in total. The highest BCUT2D eigenvalue weighted by atomic mass is 16.3. The lowest BCUT2D eigenvalue weighted by Gasteiger charge is -2.10. The van der Waals surface area contributed by atoms with E-state index in [0.717, 1.165) is 44.3 Å². The lowest BCUT2D eigenvalue weighted by molar-refractivity contribution is 0.669. The van der Waals surface area contributed by atoms with Crippen molar-refractivity contribution in [1.29, 1.82) is 0 Å². The Labute approximate surface area is 298 Å². The molecule has 0 radical (unpaired) electrons. The Morgan fingerprint density at radius 1 is 0.385 bits per heavy atom. The van der Waals surface area contributed by atoms with E-state index in [4.69, 9.17) is 19.4 Å². The van der Waals surface area contributed by atoms with Crippen LogP contribution < -0.4 is 0 Å². The van der Waals surface area contributed by atoms with Gasteiger partial charge < -0.3 is 8.98 Å². The Kier molecular flexibility index (Phi) is 6.18. The molecular weight excluding hydrogens is 637 g/mol. The van der Waals surface area contributed by atoms with E-state index in [1.807, 2.05) is 66.7 Å². The smallest absolute Gasteiger partial charge is 0.164 e. The molecule has 52 heavy (non-hydrogen) atoms. The van der Waals surface area contributed by atoms with Gasteiger partial charge in [-0.05, 0) is 52.6 Å². The minimum absolute atomic E-state index is 0.597. The maximum absolute atomic E-state index is 6.54. The Bertz CT molecular complexity index is 3120. The van der Waals surface area contributed by atoms with Crippen LogP contribution in [0.15, 0.2) is 174 Å². The van der Waals surface area contributed by atoms with Gasteiger partial charge in [-0.3, -0.25) is 0 Å². The highest BCUT2D eigenvalue weighted by Crippen LogP contribution is 2.41. The molecule has 0 aliphatic rings. The lowest BCUT2D eigenvalue weighted by atomic mass is 10.0. The molecule has 0 saturated heterocycles. The fourth-order valence-corrected chi connectivity index (χ4v) is 7.80. The Balaban J connectivity index is 1.11. The zero-order valence-electron chi connectivity index (χ0n) is 27.9. The molecule has 0 spiro atoms. The standard InChI is InChI=1S/C47H28N4O/c1-3-13-31(14-4-1)45-48-46(32-15-5-2-6-16-32)50-47(49-45)33-20-23-37-39-28-34(22-26-41(39)52-42(37)27-33)51-40-25-21-29-11-7-9-17-35(29)43(40)38-24-19-30-12-8-10-18-36(30)44(38)51/h1-28H. The van der Waals surface area contributed by atoms with Gasteiger partial charge in [-0.1, -0.05) is 133 Å². The minimum Gasteiger partial charge on any atom is -0.456 e. The summed E-state index contributed by atoms with van der Waals surface area (Å²) in [5, 5.41) is 9.54. The Hall–Kier alpha value is -7.11. The van der Waals surface area contributed by atoms with Crippen molar-refractivity contribution in [2.24, 2.45) is 0 Å². The molecule has 3 aromatic heterocycles. The summed E-state index contributed by atoms with van der Waals surface area (Å²) in [6, 6.07) is 59.2. The molecule has 0 N–H and O–H groups in total. The Morgan fingerprint density at radius 3 is 1.71 bits per heavy atom. The summed E-state index contributed by atoms with van der Waals surface area (Å²) in [4.78, 5) is 14.8. The molecule has 5 heteroatoms. The van der Waals surface area contributed by atoms with E-state index in [1.165, 1.54) is 43.4 Å². The van der Waals surface area contributed by atoms with Crippen molar-refractivity contribution in [3.05, 3.63) is 170 Å². The minimum atomic E-state index is 0.597. The van der Waals surface area contributed by atoms with Crippen molar-refractivity contribution < 1.29 is 4.42 Å². The third kappa shape index (κ3) is 4.39. The predicted molar refractivity (Wildman–Crippen MR) is 213 cm³/mol. The fraction of sp³-hybridized carbons (Fsp3) is 0. The quantitative estimate of drug-likeness (QED) is 0.188. The van der Waals surface area contributed by atoms with Crippen LogP contribution in [0.3, 0.4) is 0 Å². The first-order valence-corrected chi connectivity index (χ1v) is 17.4. The average molecular weight is 665 g/mol. The zero-order chi connectivity index (χ0) is 34.2. The van der Waals surface area contributed by atoms with Gasteiger partial charge in [0.15, 0.2) is 17.5 Å².